The molecule has 0 unspecified atom stereocenters. The molecular weight excluding hydrogens is 304 g/mol. The topological polar surface area (TPSA) is 72.0 Å². The van der Waals surface area contributed by atoms with Crippen molar-refractivity contribution in [2.75, 3.05) is 7.11 Å². The molecule has 0 bridgehead atoms. The molecule has 3 N–H and O–H groups in total. The summed E-state index contributed by atoms with van der Waals surface area (Å²) in [6.45, 7) is 3.81. The lowest BCUT2D eigenvalue weighted by molar-refractivity contribution is -0.704. The fourth-order valence-corrected chi connectivity index (χ4v) is 2.49. The van der Waals surface area contributed by atoms with Crippen molar-refractivity contribution < 1.29 is 19.6 Å². The van der Waals surface area contributed by atoms with E-state index in [0.29, 0.717) is 0 Å². The van der Waals surface area contributed by atoms with Gasteiger partial charge in [-0.2, -0.15) is 0 Å². The maximum atomic E-state index is 12.1. The van der Waals surface area contributed by atoms with Gasteiger partial charge in [-0.05, 0) is 13.8 Å². The van der Waals surface area contributed by atoms with E-state index in [4.69, 9.17) is 0 Å². The minimum Gasteiger partial charge on any atom is -0.453 e. The molecule has 2 aromatic carbocycles. The molecule has 126 valence electrons. The maximum Gasteiger partial charge on any atom is 0.413 e. The molecule has 2 amide bonds. The van der Waals surface area contributed by atoms with E-state index in [1.54, 1.807) is 6.92 Å². The molecule has 5 heteroatoms. The summed E-state index contributed by atoms with van der Waals surface area (Å²) in [5.41, 5.74) is 3.38. The summed E-state index contributed by atoms with van der Waals surface area (Å²) in [4.78, 5) is 23.3. The van der Waals surface area contributed by atoms with Crippen LogP contribution in [0.15, 0.2) is 54.6 Å². The molecule has 0 heterocycles. The number of hydrogen-bond donors (Lipinski definition) is 2. The van der Waals surface area contributed by atoms with Crippen LogP contribution < -0.4 is 10.6 Å². The highest BCUT2D eigenvalue weighted by atomic mass is 16.5. The standard InChI is InChI=1S/C19H22N2O3/c1-13-9-11-16(12-10-13)17(15-7-5-4-6-8-15)20-14(2)18(22)21-19(23)24-3/h4-12,14,17,20H,1-3H3,(H,21,22,23)/p+1/t14-,17+/m0/s1. The van der Waals surface area contributed by atoms with E-state index >= 15 is 0 Å². The highest BCUT2D eigenvalue weighted by Gasteiger charge is 2.25. The van der Waals surface area contributed by atoms with Gasteiger partial charge in [0, 0.05) is 11.1 Å². The number of methoxy groups -OCH3 is 1. The molecule has 0 aliphatic rings. The Morgan fingerprint density at radius 3 is 2.17 bits per heavy atom. The van der Waals surface area contributed by atoms with Crippen molar-refractivity contribution in [2.45, 2.75) is 25.9 Å². The molecule has 0 aliphatic carbocycles. The predicted molar refractivity (Wildman–Crippen MR) is 91.4 cm³/mol. The maximum absolute atomic E-state index is 12.1. The van der Waals surface area contributed by atoms with Crippen LogP contribution in [0.4, 0.5) is 4.79 Å². The molecule has 0 aromatic heterocycles. The lowest BCUT2D eigenvalue weighted by Gasteiger charge is -2.20. The number of imide groups is 1. The van der Waals surface area contributed by atoms with Gasteiger partial charge < -0.3 is 10.1 Å². The Morgan fingerprint density at radius 2 is 1.58 bits per heavy atom. The lowest BCUT2D eigenvalue weighted by atomic mass is 9.97. The number of aryl methyl sites for hydroxylation is 1. The Bertz CT molecular complexity index is 684. The monoisotopic (exact) mass is 327 g/mol. The zero-order valence-electron chi connectivity index (χ0n) is 14.2. The summed E-state index contributed by atoms with van der Waals surface area (Å²) >= 11 is 0. The molecular formula is C19H23N2O3+. The van der Waals surface area contributed by atoms with Crippen molar-refractivity contribution in [2.24, 2.45) is 0 Å². The highest BCUT2D eigenvalue weighted by Crippen LogP contribution is 2.18. The quantitative estimate of drug-likeness (QED) is 0.881. The normalized spacial score (nSPS) is 13.0. The van der Waals surface area contributed by atoms with Crippen molar-refractivity contribution in [3.63, 3.8) is 0 Å². The second kappa shape index (κ2) is 8.26. The Morgan fingerprint density at radius 1 is 1.00 bits per heavy atom. The predicted octanol–water partition coefficient (Wildman–Crippen LogP) is 1.92. The lowest BCUT2D eigenvalue weighted by Crippen LogP contribution is -2.92. The van der Waals surface area contributed by atoms with Crippen LogP contribution in [-0.4, -0.2) is 25.2 Å². The number of rotatable bonds is 5. The number of nitrogens with two attached hydrogens (primary N) is 1. The van der Waals surface area contributed by atoms with E-state index < -0.39 is 12.1 Å². The Labute approximate surface area is 142 Å². The highest BCUT2D eigenvalue weighted by molar-refractivity contribution is 5.93. The summed E-state index contributed by atoms with van der Waals surface area (Å²) in [6.07, 6.45) is -0.744. The van der Waals surface area contributed by atoms with Crippen LogP contribution in [0.2, 0.25) is 0 Å². The molecule has 0 aliphatic heterocycles. The third-order valence-corrected chi connectivity index (χ3v) is 3.90. The van der Waals surface area contributed by atoms with Crippen LogP contribution in [0.25, 0.3) is 0 Å². The molecule has 24 heavy (non-hydrogen) atoms. The number of amides is 2. The summed E-state index contributed by atoms with van der Waals surface area (Å²) < 4.78 is 4.47. The smallest absolute Gasteiger partial charge is 0.413 e. The second-order valence-corrected chi connectivity index (χ2v) is 5.76. The fraction of sp³-hybridized carbons (Fsp3) is 0.263. The molecule has 0 saturated heterocycles. The Hall–Kier alpha value is -2.66. The third-order valence-electron chi connectivity index (χ3n) is 3.90. The van der Waals surface area contributed by atoms with Crippen LogP contribution in [-0.2, 0) is 9.53 Å². The average molecular weight is 327 g/mol. The van der Waals surface area contributed by atoms with Gasteiger partial charge in [-0.25, -0.2) is 4.79 Å². The van der Waals surface area contributed by atoms with Gasteiger partial charge in [0.1, 0.15) is 6.04 Å². The number of alkyl carbamates (subject to hydrolysis) is 1. The van der Waals surface area contributed by atoms with Gasteiger partial charge in [-0.15, -0.1) is 0 Å². The minimum absolute atomic E-state index is 0.0369. The first-order valence-electron chi connectivity index (χ1n) is 7.86. The van der Waals surface area contributed by atoms with Gasteiger partial charge in [0.05, 0.1) is 7.11 Å². The number of hydrogen-bond acceptors (Lipinski definition) is 3. The zero-order valence-corrected chi connectivity index (χ0v) is 14.2. The number of carbonyl (C=O) groups excluding carboxylic acids is 2. The Balaban J connectivity index is 2.22. The SMILES string of the molecule is COC(=O)NC(=O)[C@H](C)[NH2+][C@H](c1ccccc1)c1ccc(C)cc1. The zero-order chi connectivity index (χ0) is 17.5. The minimum atomic E-state index is -0.744. The van der Waals surface area contributed by atoms with Gasteiger partial charge in [0.15, 0.2) is 6.04 Å². The van der Waals surface area contributed by atoms with E-state index in [1.807, 2.05) is 42.6 Å². The van der Waals surface area contributed by atoms with E-state index in [9.17, 15) is 9.59 Å². The molecule has 0 saturated carbocycles. The molecule has 0 fully saturated rings. The molecule has 5 nitrogen and oxygen atoms in total. The number of benzene rings is 2. The van der Waals surface area contributed by atoms with Gasteiger partial charge >= 0.3 is 6.09 Å². The first-order valence-corrected chi connectivity index (χ1v) is 7.86. The van der Waals surface area contributed by atoms with Gasteiger partial charge in [-0.1, -0.05) is 60.2 Å². The van der Waals surface area contributed by atoms with Crippen molar-refractivity contribution in [1.29, 1.82) is 0 Å². The fourth-order valence-electron chi connectivity index (χ4n) is 2.49. The van der Waals surface area contributed by atoms with Crippen molar-refractivity contribution in [3.8, 4) is 0 Å². The first-order chi connectivity index (χ1) is 11.5. The molecule has 2 rings (SSSR count). The number of quaternary nitrogens is 1. The van der Waals surface area contributed by atoms with Crippen molar-refractivity contribution >= 4 is 12.0 Å². The molecule has 2 aromatic rings. The largest absolute Gasteiger partial charge is 0.453 e. The van der Waals surface area contributed by atoms with Gasteiger partial charge in [-0.3, -0.25) is 10.1 Å². The summed E-state index contributed by atoms with van der Waals surface area (Å²) in [6, 6.07) is 17.7. The second-order valence-electron chi connectivity index (χ2n) is 5.76. The first kappa shape index (κ1) is 17.7. The molecule has 2 atom stereocenters. The van der Waals surface area contributed by atoms with Gasteiger partial charge in [0.25, 0.3) is 5.91 Å². The summed E-state index contributed by atoms with van der Waals surface area (Å²) in [5.74, 6) is -0.380. The van der Waals surface area contributed by atoms with E-state index in [0.717, 1.165) is 11.1 Å². The van der Waals surface area contributed by atoms with Crippen LogP contribution in [0, 0.1) is 6.92 Å². The van der Waals surface area contributed by atoms with Crippen LogP contribution >= 0.6 is 0 Å². The molecule has 0 spiro atoms. The Kier molecular flexibility index (Phi) is 6.09. The van der Waals surface area contributed by atoms with Crippen molar-refractivity contribution in [1.82, 2.24) is 5.32 Å². The van der Waals surface area contributed by atoms with E-state index in [-0.39, 0.29) is 11.9 Å². The van der Waals surface area contributed by atoms with Crippen LogP contribution in [0.5, 0.6) is 0 Å². The number of carbonyl (C=O) groups is 2. The third kappa shape index (κ3) is 4.67. The van der Waals surface area contributed by atoms with Crippen LogP contribution in [0.3, 0.4) is 0 Å². The van der Waals surface area contributed by atoms with Crippen LogP contribution in [0.1, 0.15) is 29.7 Å². The molecule has 0 radical (unpaired) electrons. The summed E-state index contributed by atoms with van der Waals surface area (Å²) in [5, 5.41) is 4.16. The van der Waals surface area contributed by atoms with E-state index in [1.165, 1.54) is 12.7 Å². The average Bonchev–Trinajstić information content (AvgIpc) is 2.61. The summed E-state index contributed by atoms with van der Waals surface area (Å²) in [7, 11) is 1.23. The number of ether oxygens (including phenoxy) is 1. The van der Waals surface area contributed by atoms with Gasteiger partial charge in [0.2, 0.25) is 0 Å². The number of nitrogens with one attached hydrogen (secondary N) is 1. The van der Waals surface area contributed by atoms with E-state index in [2.05, 4.69) is 34.3 Å². The van der Waals surface area contributed by atoms with Crippen molar-refractivity contribution in [3.05, 3.63) is 71.3 Å².